The molecule has 0 fully saturated rings. The lowest BCUT2D eigenvalue weighted by atomic mass is 10.00. The van der Waals surface area contributed by atoms with Crippen LogP contribution in [0.3, 0.4) is 0 Å². The number of imidazole rings is 1. The van der Waals surface area contributed by atoms with Crippen LogP contribution in [0.5, 0.6) is 0 Å². The van der Waals surface area contributed by atoms with Gasteiger partial charge < -0.3 is 4.57 Å². The summed E-state index contributed by atoms with van der Waals surface area (Å²) in [6.45, 7) is 2.19. The molecule has 1 unspecified atom stereocenters. The zero-order valence-corrected chi connectivity index (χ0v) is 10.6. The van der Waals surface area contributed by atoms with E-state index in [1.54, 1.807) is 0 Å². The zero-order valence-electron chi connectivity index (χ0n) is 10.6. The average molecular weight is 239 g/mol. The molecule has 0 bridgehead atoms. The van der Waals surface area contributed by atoms with E-state index in [-0.39, 0.29) is 0 Å². The molecule has 3 nitrogen and oxygen atoms in total. The van der Waals surface area contributed by atoms with Crippen molar-refractivity contribution in [2.75, 3.05) is 0 Å². The maximum atomic E-state index is 8.67. The van der Waals surface area contributed by atoms with E-state index in [0.29, 0.717) is 12.5 Å². The van der Waals surface area contributed by atoms with Crippen LogP contribution >= 0.6 is 0 Å². The van der Waals surface area contributed by atoms with E-state index < -0.39 is 0 Å². The van der Waals surface area contributed by atoms with Gasteiger partial charge in [0.25, 0.3) is 0 Å². The van der Waals surface area contributed by atoms with Crippen LogP contribution in [-0.2, 0) is 6.42 Å². The Morgan fingerprint density at radius 2 is 2.11 bits per heavy atom. The molecule has 92 valence electrons. The molecule has 0 saturated carbocycles. The highest BCUT2D eigenvalue weighted by Crippen LogP contribution is 2.23. The van der Waals surface area contributed by atoms with Gasteiger partial charge in [0.2, 0.25) is 0 Å². The second-order valence-corrected chi connectivity index (χ2v) is 4.39. The van der Waals surface area contributed by atoms with Gasteiger partial charge in [-0.1, -0.05) is 37.6 Å². The number of nitriles is 1. The number of aromatic nitrogens is 2. The highest BCUT2D eigenvalue weighted by Gasteiger charge is 2.11. The van der Waals surface area contributed by atoms with E-state index in [1.165, 1.54) is 5.56 Å². The molecule has 1 heterocycles. The van der Waals surface area contributed by atoms with Crippen LogP contribution in [0.15, 0.2) is 43.0 Å². The first-order chi connectivity index (χ1) is 8.85. The van der Waals surface area contributed by atoms with Crippen LogP contribution in [0.25, 0.3) is 0 Å². The Kier molecular flexibility index (Phi) is 4.14. The topological polar surface area (TPSA) is 41.6 Å². The van der Waals surface area contributed by atoms with Crippen LogP contribution in [0, 0.1) is 11.3 Å². The molecule has 0 N–H and O–H groups in total. The quantitative estimate of drug-likeness (QED) is 0.803. The minimum absolute atomic E-state index is 0.341. The zero-order chi connectivity index (χ0) is 12.8. The van der Waals surface area contributed by atoms with Crippen LogP contribution in [0.4, 0.5) is 0 Å². The summed E-state index contributed by atoms with van der Waals surface area (Å²) in [5.74, 6) is 0. The lowest BCUT2D eigenvalue weighted by Gasteiger charge is -2.18. The highest BCUT2D eigenvalue weighted by molar-refractivity contribution is 5.27. The Hall–Kier alpha value is -2.08. The Labute approximate surface area is 108 Å². The molecular formula is C15H17N3. The Morgan fingerprint density at radius 3 is 2.67 bits per heavy atom. The summed E-state index contributed by atoms with van der Waals surface area (Å²) in [7, 11) is 0. The maximum absolute atomic E-state index is 8.67. The predicted molar refractivity (Wildman–Crippen MR) is 71.0 cm³/mol. The van der Waals surface area contributed by atoms with Gasteiger partial charge in [-0.3, -0.25) is 0 Å². The third kappa shape index (κ3) is 2.78. The van der Waals surface area contributed by atoms with E-state index in [0.717, 1.165) is 18.4 Å². The lowest BCUT2D eigenvalue weighted by molar-refractivity contribution is 0.532. The average Bonchev–Trinajstić information content (AvgIpc) is 2.91. The van der Waals surface area contributed by atoms with E-state index in [9.17, 15) is 0 Å². The fraction of sp³-hybridized carbons (Fsp3) is 0.333. The minimum Gasteiger partial charge on any atom is -0.330 e. The molecule has 1 atom stereocenters. The van der Waals surface area contributed by atoms with Gasteiger partial charge in [-0.2, -0.15) is 5.26 Å². The standard InChI is InChI=1S/C15H17N3/c1-2-3-15(18-11-10-17-12-18)14-6-4-13(5-7-14)8-9-16/h4-7,10-12,15H,2-3,8H2,1H3. The Balaban J connectivity index is 2.23. The first kappa shape index (κ1) is 12.4. The minimum atomic E-state index is 0.341. The molecule has 1 aromatic heterocycles. The molecule has 0 saturated heterocycles. The maximum Gasteiger partial charge on any atom is 0.0951 e. The largest absolute Gasteiger partial charge is 0.330 e. The second-order valence-electron chi connectivity index (χ2n) is 4.39. The molecule has 0 aliphatic rings. The lowest BCUT2D eigenvalue weighted by Crippen LogP contribution is -2.08. The van der Waals surface area contributed by atoms with Crippen molar-refractivity contribution in [3.05, 3.63) is 54.1 Å². The van der Waals surface area contributed by atoms with Crippen molar-refractivity contribution in [2.45, 2.75) is 32.2 Å². The molecule has 0 radical (unpaired) electrons. The first-order valence-electron chi connectivity index (χ1n) is 6.28. The SMILES string of the molecule is CCCC(c1ccc(CC#N)cc1)n1ccnc1. The molecule has 1 aromatic carbocycles. The Morgan fingerprint density at radius 1 is 1.33 bits per heavy atom. The van der Waals surface area contributed by atoms with Gasteiger partial charge in [-0.25, -0.2) is 4.98 Å². The summed E-state index contributed by atoms with van der Waals surface area (Å²) in [6.07, 6.45) is 8.38. The van der Waals surface area contributed by atoms with Crippen molar-refractivity contribution in [2.24, 2.45) is 0 Å². The summed E-state index contributed by atoms with van der Waals surface area (Å²) in [6, 6.07) is 10.8. The normalized spacial score (nSPS) is 12.0. The van der Waals surface area contributed by atoms with Crippen LogP contribution < -0.4 is 0 Å². The predicted octanol–water partition coefficient (Wildman–Crippen LogP) is 3.34. The van der Waals surface area contributed by atoms with Crippen LogP contribution in [0.2, 0.25) is 0 Å². The Bertz CT molecular complexity index is 506. The van der Waals surface area contributed by atoms with Gasteiger partial charge in [-0.05, 0) is 17.5 Å². The summed E-state index contributed by atoms with van der Waals surface area (Å²) >= 11 is 0. The third-order valence-electron chi connectivity index (χ3n) is 3.09. The van der Waals surface area contributed by atoms with E-state index in [4.69, 9.17) is 5.26 Å². The third-order valence-corrected chi connectivity index (χ3v) is 3.09. The van der Waals surface area contributed by atoms with Crippen molar-refractivity contribution in [3.63, 3.8) is 0 Å². The monoisotopic (exact) mass is 239 g/mol. The molecule has 0 amide bonds. The van der Waals surface area contributed by atoms with Gasteiger partial charge in [0.1, 0.15) is 0 Å². The highest BCUT2D eigenvalue weighted by atomic mass is 15.0. The number of nitrogens with zero attached hydrogens (tertiary/aromatic N) is 3. The van der Waals surface area contributed by atoms with Crippen molar-refractivity contribution in [1.82, 2.24) is 9.55 Å². The molecule has 2 rings (SSSR count). The fourth-order valence-electron chi connectivity index (χ4n) is 2.16. The van der Waals surface area contributed by atoms with E-state index in [2.05, 4.69) is 34.7 Å². The molecule has 3 heteroatoms. The number of hydrogen-bond acceptors (Lipinski definition) is 2. The van der Waals surface area contributed by atoms with Crippen molar-refractivity contribution >= 4 is 0 Å². The molecule has 0 aliphatic heterocycles. The van der Waals surface area contributed by atoms with Gasteiger partial charge >= 0.3 is 0 Å². The summed E-state index contributed by atoms with van der Waals surface area (Å²) in [5, 5.41) is 8.67. The van der Waals surface area contributed by atoms with Crippen LogP contribution in [0.1, 0.15) is 36.9 Å². The second kappa shape index (κ2) is 6.02. The molecule has 2 aromatic rings. The van der Waals surface area contributed by atoms with Gasteiger partial charge in [0.15, 0.2) is 0 Å². The first-order valence-corrected chi connectivity index (χ1v) is 6.28. The van der Waals surface area contributed by atoms with E-state index in [1.807, 2.05) is 30.9 Å². The van der Waals surface area contributed by atoms with Crippen molar-refractivity contribution in [1.29, 1.82) is 5.26 Å². The number of rotatable bonds is 5. The van der Waals surface area contributed by atoms with Crippen LogP contribution in [-0.4, -0.2) is 9.55 Å². The molecule has 18 heavy (non-hydrogen) atoms. The van der Waals surface area contributed by atoms with Gasteiger partial charge in [0.05, 0.1) is 24.9 Å². The molecule has 0 aliphatic carbocycles. The molecular weight excluding hydrogens is 222 g/mol. The van der Waals surface area contributed by atoms with Gasteiger partial charge in [-0.15, -0.1) is 0 Å². The van der Waals surface area contributed by atoms with E-state index >= 15 is 0 Å². The number of benzene rings is 1. The smallest absolute Gasteiger partial charge is 0.0951 e. The summed E-state index contributed by atoms with van der Waals surface area (Å²) < 4.78 is 2.14. The fourth-order valence-corrected chi connectivity index (χ4v) is 2.16. The van der Waals surface area contributed by atoms with Crippen molar-refractivity contribution < 1.29 is 0 Å². The van der Waals surface area contributed by atoms with Crippen molar-refractivity contribution in [3.8, 4) is 6.07 Å². The molecule has 0 spiro atoms. The number of hydrogen-bond donors (Lipinski definition) is 0. The summed E-state index contributed by atoms with van der Waals surface area (Å²) in [4.78, 5) is 4.12. The summed E-state index contributed by atoms with van der Waals surface area (Å²) in [5.41, 5.74) is 2.35. The van der Waals surface area contributed by atoms with Gasteiger partial charge in [0, 0.05) is 12.4 Å².